The quantitative estimate of drug-likeness (QED) is 0.624. The van der Waals surface area contributed by atoms with Crippen LogP contribution in [0.15, 0.2) is 12.8 Å². The van der Waals surface area contributed by atoms with Crippen molar-refractivity contribution in [2.24, 2.45) is 11.8 Å². The largest absolute Gasteiger partial charge is 0.378 e. The third-order valence-corrected chi connectivity index (χ3v) is 2.71. The molecule has 1 nitrogen and oxygen atoms in total. The van der Waals surface area contributed by atoms with E-state index in [1.165, 1.54) is 32.4 Å². The molecule has 0 amide bonds. The second-order valence-corrected chi connectivity index (χ2v) is 4.29. The molecule has 1 saturated heterocycles. The summed E-state index contributed by atoms with van der Waals surface area (Å²) in [4.78, 5) is 2.33. The van der Waals surface area contributed by atoms with E-state index >= 15 is 0 Å². The van der Waals surface area contributed by atoms with Crippen molar-refractivity contribution in [3.8, 4) is 0 Å². The molecule has 0 saturated carbocycles. The molecular formula is C11H21N. The van der Waals surface area contributed by atoms with E-state index < -0.39 is 0 Å². The molecule has 0 aliphatic carbocycles. The average molecular weight is 167 g/mol. The first-order valence-electron chi connectivity index (χ1n) is 5.09. The van der Waals surface area contributed by atoms with Crippen LogP contribution in [0, 0.1) is 11.8 Å². The smallest absolute Gasteiger partial charge is 0.0174 e. The topological polar surface area (TPSA) is 3.24 Å². The van der Waals surface area contributed by atoms with Crippen LogP contribution in [-0.2, 0) is 0 Å². The molecule has 0 atom stereocenters. The van der Waals surface area contributed by atoms with Gasteiger partial charge in [0.1, 0.15) is 0 Å². The van der Waals surface area contributed by atoms with Crippen molar-refractivity contribution >= 4 is 0 Å². The van der Waals surface area contributed by atoms with E-state index in [4.69, 9.17) is 0 Å². The van der Waals surface area contributed by atoms with Gasteiger partial charge < -0.3 is 4.90 Å². The third kappa shape index (κ3) is 2.88. The zero-order valence-corrected chi connectivity index (χ0v) is 8.42. The number of likely N-dealkylation sites (tertiary alicyclic amines) is 1. The number of piperidine rings is 1. The maximum atomic E-state index is 3.80. The molecule has 0 unspecified atom stereocenters. The van der Waals surface area contributed by atoms with E-state index in [0.717, 1.165) is 11.8 Å². The standard InChI is InChI=1S/C11H21N/c1-4-12-7-5-11(6-8-12)9-10(2)3/h4,10-11H,1,5-9H2,2-3H3. The second-order valence-electron chi connectivity index (χ2n) is 4.29. The Morgan fingerprint density at radius 2 is 2.00 bits per heavy atom. The molecule has 0 bridgehead atoms. The van der Waals surface area contributed by atoms with Crippen LogP contribution in [0.25, 0.3) is 0 Å². The first-order valence-corrected chi connectivity index (χ1v) is 5.09. The van der Waals surface area contributed by atoms with E-state index in [1.807, 2.05) is 6.20 Å². The molecule has 1 aliphatic rings. The number of rotatable bonds is 3. The summed E-state index contributed by atoms with van der Waals surface area (Å²) in [5, 5.41) is 0. The van der Waals surface area contributed by atoms with Crippen LogP contribution < -0.4 is 0 Å². The van der Waals surface area contributed by atoms with Crippen LogP contribution in [0.1, 0.15) is 33.1 Å². The van der Waals surface area contributed by atoms with Gasteiger partial charge in [0.15, 0.2) is 0 Å². The van der Waals surface area contributed by atoms with Crippen molar-refractivity contribution in [3.63, 3.8) is 0 Å². The molecule has 1 heteroatoms. The molecule has 0 spiro atoms. The summed E-state index contributed by atoms with van der Waals surface area (Å²) in [6.45, 7) is 10.9. The minimum absolute atomic E-state index is 0.866. The maximum absolute atomic E-state index is 3.80. The maximum Gasteiger partial charge on any atom is 0.0174 e. The Labute approximate surface area is 76.5 Å². The van der Waals surface area contributed by atoms with E-state index in [-0.39, 0.29) is 0 Å². The van der Waals surface area contributed by atoms with Gasteiger partial charge in [-0.05, 0) is 37.3 Å². The van der Waals surface area contributed by atoms with E-state index in [1.54, 1.807) is 0 Å². The molecule has 1 rings (SSSR count). The van der Waals surface area contributed by atoms with Crippen LogP contribution >= 0.6 is 0 Å². The lowest BCUT2D eigenvalue weighted by molar-refractivity contribution is 0.221. The van der Waals surface area contributed by atoms with Crippen molar-refractivity contribution < 1.29 is 0 Å². The minimum Gasteiger partial charge on any atom is -0.378 e. The monoisotopic (exact) mass is 167 g/mol. The fourth-order valence-electron chi connectivity index (χ4n) is 2.04. The number of hydrogen-bond acceptors (Lipinski definition) is 1. The zero-order valence-electron chi connectivity index (χ0n) is 8.42. The van der Waals surface area contributed by atoms with Gasteiger partial charge in [0.2, 0.25) is 0 Å². The van der Waals surface area contributed by atoms with Crippen LogP contribution in [0.2, 0.25) is 0 Å². The Morgan fingerprint density at radius 3 is 2.42 bits per heavy atom. The predicted octanol–water partition coefficient (Wildman–Crippen LogP) is 2.89. The fraction of sp³-hybridized carbons (Fsp3) is 0.818. The Morgan fingerprint density at radius 1 is 1.42 bits per heavy atom. The minimum atomic E-state index is 0.866. The fourth-order valence-corrected chi connectivity index (χ4v) is 2.04. The van der Waals surface area contributed by atoms with Gasteiger partial charge in [0.25, 0.3) is 0 Å². The molecule has 0 aromatic rings. The van der Waals surface area contributed by atoms with Gasteiger partial charge >= 0.3 is 0 Å². The SMILES string of the molecule is C=CN1CCC(CC(C)C)CC1. The molecule has 12 heavy (non-hydrogen) atoms. The lowest BCUT2D eigenvalue weighted by Crippen LogP contribution is -2.29. The van der Waals surface area contributed by atoms with Crippen molar-refractivity contribution in [1.82, 2.24) is 4.90 Å². The highest BCUT2D eigenvalue weighted by atomic mass is 15.1. The summed E-state index contributed by atoms with van der Waals surface area (Å²) in [7, 11) is 0. The molecule has 1 heterocycles. The van der Waals surface area contributed by atoms with Gasteiger partial charge in [-0.15, -0.1) is 0 Å². The Balaban J connectivity index is 2.21. The normalized spacial score (nSPS) is 20.1. The van der Waals surface area contributed by atoms with Gasteiger partial charge in [-0.25, -0.2) is 0 Å². The van der Waals surface area contributed by atoms with Crippen LogP contribution in [-0.4, -0.2) is 18.0 Å². The highest BCUT2D eigenvalue weighted by Crippen LogP contribution is 2.23. The predicted molar refractivity (Wildman–Crippen MR) is 53.9 cm³/mol. The summed E-state index contributed by atoms with van der Waals surface area (Å²) in [6.07, 6.45) is 6.12. The highest BCUT2D eigenvalue weighted by Gasteiger charge is 2.17. The first-order chi connectivity index (χ1) is 5.72. The van der Waals surface area contributed by atoms with Gasteiger partial charge in [-0.2, -0.15) is 0 Å². The molecule has 0 radical (unpaired) electrons. The molecular weight excluding hydrogens is 146 g/mol. The molecule has 1 aliphatic heterocycles. The van der Waals surface area contributed by atoms with E-state index in [2.05, 4.69) is 25.3 Å². The summed E-state index contributed by atoms with van der Waals surface area (Å²) < 4.78 is 0. The second kappa shape index (κ2) is 4.54. The summed E-state index contributed by atoms with van der Waals surface area (Å²) in [5.41, 5.74) is 0. The van der Waals surface area contributed by atoms with Crippen LogP contribution in [0.4, 0.5) is 0 Å². The van der Waals surface area contributed by atoms with Gasteiger partial charge in [-0.1, -0.05) is 20.4 Å². The molecule has 70 valence electrons. The van der Waals surface area contributed by atoms with Crippen molar-refractivity contribution in [2.75, 3.05) is 13.1 Å². The van der Waals surface area contributed by atoms with Crippen molar-refractivity contribution in [1.29, 1.82) is 0 Å². The number of hydrogen-bond donors (Lipinski definition) is 0. The van der Waals surface area contributed by atoms with E-state index in [0.29, 0.717) is 0 Å². The average Bonchev–Trinajstić information content (AvgIpc) is 2.05. The summed E-state index contributed by atoms with van der Waals surface area (Å²) >= 11 is 0. The molecule has 0 N–H and O–H groups in total. The molecule has 1 fully saturated rings. The van der Waals surface area contributed by atoms with Gasteiger partial charge in [0, 0.05) is 13.1 Å². The number of nitrogens with zero attached hydrogens (tertiary/aromatic N) is 1. The first kappa shape index (κ1) is 9.63. The van der Waals surface area contributed by atoms with Crippen molar-refractivity contribution in [2.45, 2.75) is 33.1 Å². The third-order valence-electron chi connectivity index (χ3n) is 2.71. The van der Waals surface area contributed by atoms with Crippen LogP contribution in [0.3, 0.4) is 0 Å². The zero-order chi connectivity index (χ0) is 8.97. The highest BCUT2D eigenvalue weighted by molar-refractivity contribution is 4.78. The van der Waals surface area contributed by atoms with Gasteiger partial charge in [-0.3, -0.25) is 0 Å². The lowest BCUT2D eigenvalue weighted by Gasteiger charge is -2.31. The van der Waals surface area contributed by atoms with Crippen LogP contribution in [0.5, 0.6) is 0 Å². The Kier molecular flexibility index (Phi) is 3.64. The Bertz CT molecular complexity index is 132. The molecule has 0 aromatic carbocycles. The van der Waals surface area contributed by atoms with Crippen molar-refractivity contribution in [3.05, 3.63) is 12.8 Å². The van der Waals surface area contributed by atoms with Gasteiger partial charge in [0.05, 0.1) is 0 Å². The lowest BCUT2D eigenvalue weighted by atomic mass is 9.89. The summed E-state index contributed by atoms with van der Waals surface area (Å²) in [5.74, 6) is 1.84. The Hall–Kier alpha value is -0.460. The molecule has 0 aromatic heterocycles. The summed E-state index contributed by atoms with van der Waals surface area (Å²) in [6, 6.07) is 0. The van der Waals surface area contributed by atoms with E-state index in [9.17, 15) is 0 Å².